The van der Waals surface area contributed by atoms with Gasteiger partial charge in [0.25, 0.3) is 10.0 Å². The van der Waals surface area contributed by atoms with Gasteiger partial charge in [0, 0.05) is 29.2 Å². The summed E-state index contributed by atoms with van der Waals surface area (Å²) in [6.07, 6.45) is -3.12. The van der Waals surface area contributed by atoms with Gasteiger partial charge in [0.15, 0.2) is 5.13 Å². The Hall–Kier alpha value is -3.55. The third-order valence-corrected chi connectivity index (χ3v) is 9.09. The fourth-order valence-corrected chi connectivity index (χ4v) is 6.61. The van der Waals surface area contributed by atoms with Crippen molar-refractivity contribution in [1.29, 1.82) is 0 Å². The molecule has 0 aliphatic heterocycles. The van der Waals surface area contributed by atoms with Gasteiger partial charge < -0.3 is 14.8 Å². The summed E-state index contributed by atoms with van der Waals surface area (Å²) in [4.78, 5) is 3.41. The van der Waals surface area contributed by atoms with Crippen molar-refractivity contribution in [3.63, 3.8) is 0 Å². The highest BCUT2D eigenvalue weighted by atomic mass is 35.5. The zero-order chi connectivity index (χ0) is 29.9. The summed E-state index contributed by atoms with van der Waals surface area (Å²) >= 11 is 7.41. The summed E-state index contributed by atoms with van der Waals surface area (Å²) in [6.45, 7) is 1.33. The molecule has 0 unspecified atom stereocenters. The van der Waals surface area contributed by atoms with E-state index in [1.54, 1.807) is 30.5 Å². The lowest BCUT2D eigenvalue weighted by atomic mass is 10.0. The lowest BCUT2D eigenvalue weighted by Crippen LogP contribution is -2.31. The smallest absolute Gasteiger partial charge is 0.416 e. The first-order valence-corrected chi connectivity index (χ1v) is 14.6. The second-order valence-corrected chi connectivity index (χ2v) is 11.9. The molecule has 4 rings (SSSR count). The molecule has 0 saturated carbocycles. The maximum atomic E-state index is 15.5. The van der Waals surface area contributed by atoms with Crippen LogP contribution in [0.5, 0.6) is 11.5 Å². The van der Waals surface area contributed by atoms with Crippen LogP contribution in [0.25, 0.3) is 0 Å². The van der Waals surface area contributed by atoms with Crippen LogP contribution in [0.2, 0.25) is 5.02 Å². The molecule has 0 saturated heterocycles. The van der Waals surface area contributed by atoms with E-state index in [0.29, 0.717) is 17.1 Å². The molecule has 0 radical (unpaired) electrons. The number of nitrogens with one attached hydrogen (secondary N) is 1. The van der Waals surface area contributed by atoms with E-state index in [9.17, 15) is 21.6 Å². The normalized spacial score (nSPS) is 12.6. The average Bonchev–Trinajstić information content (AvgIpc) is 3.47. The number of rotatable bonds is 10. The minimum atomic E-state index is -4.55. The van der Waals surface area contributed by atoms with Crippen LogP contribution in [0.4, 0.5) is 28.4 Å². The van der Waals surface area contributed by atoms with Gasteiger partial charge in [-0.15, -0.1) is 11.3 Å². The van der Waals surface area contributed by atoms with Crippen LogP contribution in [0.1, 0.15) is 29.7 Å². The fraction of sp³-hybridized carbons (Fsp3) is 0.222. The van der Waals surface area contributed by atoms with Crippen molar-refractivity contribution >= 4 is 43.8 Å². The van der Waals surface area contributed by atoms with E-state index in [1.807, 2.05) is 0 Å². The van der Waals surface area contributed by atoms with Gasteiger partial charge in [-0.3, -0.25) is 0 Å². The van der Waals surface area contributed by atoms with E-state index in [4.69, 9.17) is 21.1 Å². The molecule has 218 valence electrons. The molecule has 0 spiro atoms. The molecule has 0 fully saturated rings. The molecule has 41 heavy (non-hydrogen) atoms. The molecule has 0 bridgehead atoms. The van der Waals surface area contributed by atoms with E-state index in [-0.39, 0.29) is 27.9 Å². The molecule has 1 heterocycles. The monoisotopic (exact) mass is 629 g/mol. The fourth-order valence-electron chi connectivity index (χ4n) is 3.99. The average molecular weight is 630 g/mol. The summed E-state index contributed by atoms with van der Waals surface area (Å²) < 4.78 is 94.1. The summed E-state index contributed by atoms with van der Waals surface area (Å²) in [7, 11) is -1.65. The number of alkyl halides is 3. The molecular weight excluding hydrogens is 606 g/mol. The number of thiazole rings is 1. The van der Waals surface area contributed by atoms with E-state index < -0.39 is 38.5 Å². The minimum Gasteiger partial charge on any atom is -0.497 e. The molecule has 7 nitrogen and oxygen atoms in total. The van der Waals surface area contributed by atoms with Gasteiger partial charge in [-0.05, 0) is 48.9 Å². The van der Waals surface area contributed by atoms with Crippen LogP contribution < -0.4 is 19.1 Å². The second kappa shape index (κ2) is 12.1. The van der Waals surface area contributed by atoms with E-state index in [0.717, 1.165) is 39.9 Å². The lowest BCUT2D eigenvalue weighted by Gasteiger charge is -2.24. The third kappa shape index (κ3) is 6.68. The Morgan fingerprint density at radius 3 is 2.49 bits per heavy atom. The number of benzene rings is 3. The SMILES string of the molecule is COc1ccc(CN(c2nccs2)S(=O)(=O)c2cc(Cl)c(N[C@@H](C)c3cccc(C(F)(F)F)c3)cc2F)c(OC)c1. The first kappa shape index (κ1) is 30.4. The number of hydrogen-bond donors (Lipinski definition) is 1. The van der Waals surface area contributed by atoms with Crippen LogP contribution in [0, 0.1) is 5.82 Å². The zero-order valence-corrected chi connectivity index (χ0v) is 24.3. The van der Waals surface area contributed by atoms with Gasteiger partial charge in [0.05, 0.1) is 37.0 Å². The zero-order valence-electron chi connectivity index (χ0n) is 21.9. The summed E-state index contributed by atoms with van der Waals surface area (Å²) in [5.74, 6) is -0.270. The lowest BCUT2D eigenvalue weighted by molar-refractivity contribution is -0.137. The van der Waals surface area contributed by atoms with E-state index >= 15 is 4.39 Å². The number of nitrogens with zero attached hydrogens (tertiary/aromatic N) is 2. The number of methoxy groups -OCH3 is 2. The number of aromatic nitrogens is 1. The highest BCUT2D eigenvalue weighted by Crippen LogP contribution is 2.37. The maximum Gasteiger partial charge on any atom is 0.416 e. The molecule has 0 amide bonds. The Balaban J connectivity index is 1.68. The number of anilines is 2. The molecule has 1 aromatic heterocycles. The van der Waals surface area contributed by atoms with Gasteiger partial charge in [-0.1, -0.05) is 23.7 Å². The van der Waals surface area contributed by atoms with Crippen LogP contribution in [0.15, 0.2) is 71.1 Å². The number of halogens is 5. The Kier molecular flexibility index (Phi) is 9.00. The molecule has 3 aromatic carbocycles. The maximum absolute atomic E-state index is 15.5. The van der Waals surface area contributed by atoms with Gasteiger partial charge in [-0.2, -0.15) is 13.2 Å². The van der Waals surface area contributed by atoms with Crippen molar-refractivity contribution in [1.82, 2.24) is 4.98 Å². The second-order valence-electron chi connectivity index (χ2n) is 8.76. The predicted molar refractivity (Wildman–Crippen MR) is 150 cm³/mol. The van der Waals surface area contributed by atoms with Crippen LogP contribution in [0.3, 0.4) is 0 Å². The molecule has 0 aliphatic rings. The third-order valence-electron chi connectivity index (χ3n) is 6.12. The van der Waals surface area contributed by atoms with Crippen molar-refractivity contribution in [2.24, 2.45) is 0 Å². The first-order chi connectivity index (χ1) is 19.3. The minimum absolute atomic E-state index is 0.00523. The highest BCUT2D eigenvalue weighted by Gasteiger charge is 2.33. The molecule has 1 atom stereocenters. The largest absolute Gasteiger partial charge is 0.497 e. The van der Waals surface area contributed by atoms with Gasteiger partial charge in [0.1, 0.15) is 22.2 Å². The molecule has 4 aromatic rings. The van der Waals surface area contributed by atoms with Gasteiger partial charge in [0.2, 0.25) is 0 Å². The van der Waals surface area contributed by atoms with E-state index in [2.05, 4.69) is 10.3 Å². The van der Waals surface area contributed by atoms with Crippen molar-refractivity contribution in [3.05, 3.63) is 93.7 Å². The van der Waals surface area contributed by atoms with Crippen molar-refractivity contribution in [2.45, 2.75) is 30.6 Å². The molecule has 14 heteroatoms. The van der Waals surface area contributed by atoms with Crippen molar-refractivity contribution in [3.8, 4) is 11.5 Å². The van der Waals surface area contributed by atoms with Crippen LogP contribution in [-0.2, 0) is 22.7 Å². The summed E-state index contributed by atoms with van der Waals surface area (Å²) in [5, 5.41) is 4.37. The predicted octanol–water partition coefficient (Wildman–Crippen LogP) is 7.54. The van der Waals surface area contributed by atoms with Crippen LogP contribution in [-0.4, -0.2) is 27.6 Å². The summed E-state index contributed by atoms with van der Waals surface area (Å²) in [6, 6.07) is 10.6. The molecule has 0 aliphatic carbocycles. The standard InChI is InChI=1S/C27H24ClF4N3O4S2/c1-16(17-5-4-6-19(11-17)27(30,31)32)34-23-14-22(29)25(13-21(23)28)41(36,37)35(26-33-9-10-40-26)15-18-7-8-20(38-2)12-24(18)39-3/h4-14,16,34H,15H2,1-3H3/t16-/m0/s1. The Bertz CT molecular complexity index is 1630. The highest BCUT2D eigenvalue weighted by molar-refractivity contribution is 7.93. The number of sulfonamides is 1. The topological polar surface area (TPSA) is 80.8 Å². The summed E-state index contributed by atoms with van der Waals surface area (Å²) in [5.41, 5.74) is -0.0908. The van der Waals surface area contributed by atoms with Crippen LogP contribution >= 0.6 is 22.9 Å². The Morgan fingerprint density at radius 2 is 1.85 bits per heavy atom. The van der Waals surface area contributed by atoms with Gasteiger partial charge >= 0.3 is 6.18 Å². The first-order valence-electron chi connectivity index (χ1n) is 11.9. The van der Waals surface area contributed by atoms with Gasteiger partial charge in [-0.25, -0.2) is 22.1 Å². The quantitative estimate of drug-likeness (QED) is 0.183. The Morgan fingerprint density at radius 1 is 1.10 bits per heavy atom. The molecular formula is C27H24ClF4N3O4S2. The number of ether oxygens (including phenoxy) is 2. The van der Waals surface area contributed by atoms with Crippen molar-refractivity contribution < 1.29 is 35.5 Å². The van der Waals surface area contributed by atoms with E-state index in [1.165, 1.54) is 32.5 Å². The number of hydrogen-bond acceptors (Lipinski definition) is 7. The van der Waals surface area contributed by atoms with Crippen molar-refractivity contribution in [2.75, 3.05) is 23.8 Å². The molecule has 1 N–H and O–H groups in total. The Labute approximate surface area is 243 Å².